The van der Waals surface area contributed by atoms with Crippen molar-refractivity contribution >= 4 is 11.6 Å². The molecule has 0 spiro atoms. The van der Waals surface area contributed by atoms with Crippen LogP contribution in [0, 0.1) is 0 Å². The molecular formula is C14H10ClN3O2. The Morgan fingerprint density at radius 2 is 2.05 bits per heavy atom. The molecule has 1 aromatic carbocycles. The molecular weight excluding hydrogens is 278 g/mol. The fourth-order valence-corrected chi connectivity index (χ4v) is 2.16. The number of aromatic hydroxyl groups is 1. The molecule has 5 nitrogen and oxygen atoms in total. The van der Waals surface area contributed by atoms with E-state index in [1.165, 1.54) is 0 Å². The average molecular weight is 288 g/mol. The average Bonchev–Trinajstić information content (AvgIpc) is 2.91. The van der Waals surface area contributed by atoms with Crippen LogP contribution in [0.2, 0.25) is 5.02 Å². The summed E-state index contributed by atoms with van der Waals surface area (Å²) < 4.78 is 0. The first kappa shape index (κ1) is 12.5. The fourth-order valence-electron chi connectivity index (χ4n) is 1.97. The van der Waals surface area contributed by atoms with E-state index in [2.05, 4.69) is 15.0 Å². The molecule has 2 heterocycles. The molecule has 0 radical (unpaired) electrons. The van der Waals surface area contributed by atoms with Crippen LogP contribution in [0.4, 0.5) is 0 Å². The van der Waals surface area contributed by atoms with Crippen LogP contribution in [0.1, 0.15) is 0 Å². The highest BCUT2D eigenvalue weighted by atomic mass is 35.5. The summed E-state index contributed by atoms with van der Waals surface area (Å²) in [5, 5.41) is 10.5. The number of nitrogens with zero attached hydrogens (tertiary/aromatic N) is 1. The molecule has 0 aliphatic heterocycles. The highest BCUT2D eigenvalue weighted by molar-refractivity contribution is 6.30. The molecule has 3 N–H and O–H groups in total. The van der Waals surface area contributed by atoms with Gasteiger partial charge in [0.05, 0.1) is 5.69 Å². The first-order valence-corrected chi connectivity index (χ1v) is 6.26. The number of aromatic amines is 2. The van der Waals surface area contributed by atoms with Crippen LogP contribution < -0.4 is 5.56 Å². The molecule has 3 rings (SSSR count). The number of aromatic nitrogens is 3. The molecule has 0 unspecified atom stereocenters. The van der Waals surface area contributed by atoms with Gasteiger partial charge in [0.2, 0.25) is 5.88 Å². The summed E-state index contributed by atoms with van der Waals surface area (Å²) >= 11 is 5.89. The summed E-state index contributed by atoms with van der Waals surface area (Å²) in [5.41, 5.74) is 0.809. The molecule has 0 saturated carbocycles. The van der Waals surface area contributed by atoms with Gasteiger partial charge in [0.1, 0.15) is 5.56 Å². The van der Waals surface area contributed by atoms with Gasteiger partial charge < -0.3 is 15.1 Å². The summed E-state index contributed by atoms with van der Waals surface area (Å²) in [6.45, 7) is 0. The zero-order valence-corrected chi connectivity index (χ0v) is 11.0. The summed E-state index contributed by atoms with van der Waals surface area (Å²) in [5.74, 6) is -0.0519. The Morgan fingerprint density at radius 1 is 1.20 bits per heavy atom. The lowest BCUT2D eigenvalue weighted by Crippen LogP contribution is -2.12. The lowest BCUT2D eigenvalue weighted by atomic mass is 10.1. The molecule has 0 atom stereocenters. The minimum Gasteiger partial charge on any atom is -0.493 e. The number of nitrogens with one attached hydrogen (secondary N) is 2. The van der Waals surface area contributed by atoms with Gasteiger partial charge in [0.15, 0.2) is 5.82 Å². The standard InChI is InChI=1S/C14H10ClN3O2/c15-9-4-1-3-8(7-9)11-13(19)17-12(18-14(11)20)10-5-2-6-16-10/h1-7,16H,(H2,17,18,19,20). The SMILES string of the molecule is O=c1[nH]c(-c2ccc[nH]2)nc(O)c1-c1cccc(Cl)c1. The molecule has 0 aliphatic carbocycles. The number of benzene rings is 1. The van der Waals surface area contributed by atoms with Crippen molar-refractivity contribution in [1.29, 1.82) is 0 Å². The van der Waals surface area contributed by atoms with Crippen molar-refractivity contribution in [1.82, 2.24) is 15.0 Å². The lowest BCUT2D eigenvalue weighted by molar-refractivity contribution is 0.454. The number of halogens is 1. The normalized spacial score (nSPS) is 10.7. The fraction of sp³-hybridized carbons (Fsp3) is 0. The maximum atomic E-state index is 12.2. The molecule has 0 bridgehead atoms. The van der Waals surface area contributed by atoms with E-state index in [-0.39, 0.29) is 17.3 Å². The minimum atomic E-state index is -0.427. The van der Waals surface area contributed by atoms with Crippen LogP contribution >= 0.6 is 11.6 Å². The van der Waals surface area contributed by atoms with E-state index >= 15 is 0 Å². The topological polar surface area (TPSA) is 81.8 Å². The summed E-state index contributed by atoms with van der Waals surface area (Å²) in [7, 11) is 0. The van der Waals surface area contributed by atoms with E-state index < -0.39 is 5.56 Å². The van der Waals surface area contributed by atoms with Gasteiger partial charge in [-0.1, -0.05) is 23.7 Å². The van der Waals surface area contributed by atoms with E-state index in [0.717, 1.165) is 0 Å². The van der Waals surface area contributed by atoms with Crippen LogP contribution in [-0.2, 0) is 0 Å². The van der Waals surface area contributed by atoms with Gasteiger partial charge >= 0.3 is 0 Å². The molecule has 3 aromatic rings. The highest BCUT2D eigenvalue weighted by Gasteiger charge is 2.14. The number of hydrogen-bond acceptors (Lipinski definition) is 3. The monoisotopic (exact) mass is 287 g/mol. The van der Waals surface area contributed by atoms with Gasteiger partial charge in [-0.2, -0.15) is 4.98 Å². The minimum absolute atomic E-state index is 0.0998. The molecule has 2 aromatic heterocycles. The summed E-state index contributed by atoms with van der Waals surface area (Å²) in [6.07, 6.45) is 1.71. The van der Waals surface area contributed by atoms with Gasteiger partial charge in [-0.25, -0.2) is 0 Å². The smallest absolute Gasteiger partial charge is 0.262 e. The molecule has 0 aliphatic rings. The second-order valence-corrected chi connectivity index (χ2v) is 4.64. The maximum Gasteiger partial charge on any atom is 0.262 e. The van der Waals surface area contributed by atoms with Gasteiger partial charge in [-0.3, -0.25) is 4.79 Å². The van der Waals surface area contributed by atoms with E-state index in [1.807, 2.05) is 0 Å². The third-order valence-corrected chi connectivity index (χ3v) is 3.10. The number of H-pyrrole nitrogens is 2. The highest BCUT2D eigenvalue weighted by Crippen LogP contribution is 2.26. The quantitative estimate of drug-likeness (QED) is 0.678. The van der Waals surface area contributed by atoms with Crippen LogP contribution in [0.5, 0.6) is 5.88 Å². The zero-order chi connectivity index (χ0) is 14.1. The largest absolute Gasteiger partial charge is 0.493 e. The molecule has 0 fully saturated rings. The number of rotatable bonds is 2. The van der Waals surface area contributed by atoms with Crippen LogP contribution in [0.25, 0.3) is 22.6 Å². The van der Waals surface area contributed by atoms with Crippen LogP contribution in [-0.4, -0.2) is 20.1 Å². The van der Waals surface area contributed by atoms with E-state index in [4.69, 9.17) is 11.6 Å². The predicted octanol–water partition coefficient (Wildman–Crippen LogP) is 2.79. The molecule has 100 valence electrons. The Kier molecular flexibility index (Phi) is 3.04. The Morgan fingerprint density at radius 3 is 2.70 bits per heavy atom. The number of hydrogen-bond donors (Lipinski definition) is 3. The van der Waals surface area contributed by atoms with Crippen molar-refractivity contribution < 1.29 is 5.11 Å². The molecule has 0 saturated heterocycles. The third-order valence-electron chi connectivity index (χ3n) is 2.87. The van der Waals surface area contributed by atoms with Crippen molar-refractivity contribution in [3.63, 3.8) is 0 Å². The Labute approximate surface area is 118 Å². The first-order chi connectivity index (χ1) is 9.65. The maximum absolute atomic E-state index is 12.2. The van der Waals surface area contributed by atoms with Crippen molar-refractivity contribution in [3.8, 4) is 28.5 Å². The van der Waals surface area contributed by atoms with E-state index in [1.54, 1.807) is 42.6 Å². The van der Waals surface area contributed by atoms with Crippen LogP contribution in [0.3, 0.4) is 0 Å². The van der Waals surface area contributed by atoms with Crippen molar-refractivity contribution in [2.75, 3.05) is 0 Å². The molecule has 0 amide bonds. The first-order valence-electron chi connectivity index (χ1n) is 5.88. The van der Waals surface area contributed by atoms with Gasteiger partial charge in [0.25, 0.3) is 5.56 Å². The summed E-state index contributed by atoms with van der Waals surface area (Å²) in [4.78, 5) is 21.7. The second-order valence-electron chi connectivity index (χ2n) is 4.21. The Balaban J connectivity index is 2.17. The van der Waals surface area contributed by atoms with Crippen LogP contribution in [0.15, 0.2) is 47.4 Å². The van der Waals surface area contributed by atoms with Crippen molar-refractivity contribution in [2.45, 2.75) is 0 Å². The van der Waals surface area contributed by atoms with E-state index in [9.17, 15) is 9.90 Å². The second kappa shape index (κ2) is 4.86. The predicted molar refractivity (Wildman–Crippen MR) is 76.8 cm³/mol. The van der Waals surface area contributed by atoms with Gasteiger partial charge in [-0.05, 0) is 29.8 Å². The zero-order valence-electron chi connectivity index (χ0n) is 10.2. The third kappa shape index (κ3) is 2.19. The van der Waals surface area contributed by atoms with E-state index in [0.29, 0.717) is 16.3 Å². The Hall–Kier alpha value is -2.53. The summed E-state index contributed by atoms with van der Waals surface area (Å²) in [6, 6.07) is 10.2. The van der Waals surface area contributed by atoms with Gasteiger partial charge in [-0.15, -0.1) is 0 Å². The van der Waals surface area contributed by atoms with Gasteiger partial charge in [0, 0.05) is 11.2 Å². The van der Waals surface area contributed by atoms with Crippen molar-refractivity contribution in [3.05, 3.63) is 58.0 Å². The lowest BCUT2D eigenvalue weighted by Gasteiger charge is -2.05. The Bertz CT molecular complexity index is 810. The van der Waals surface area contributed by atoms with Crippen molar-refractivity contribution in [2.24, 2.45) is 0 Å². The molecule has 6 heteroatoms. The molecule has 20 heavy (non-hydrogen) atoms.